The predicted octanol–water partition coefficient (Wildman–Crippen LogP) is 4.59. The van der Waals surface area contributed by atoms with Crippen molar-refractivity contribution in [1.82, 2.24) is 4.98 Å². The number of carbonyl (C=O) groups is 1. The minimum Gasteiger partial charge on any atom is -0.341 e. The largest absolute Gasteiger partial charge is 0.341 e. The topological polar surface area (TPSA) is 45.2 Å². The zero-order valence-electron chi connectivity index (χ0n) is 14.8. The van der Waals surface area contributed by atoms with Crippen LogP contribution in [0.2, 0.25) is 0 Å². The molecule has 0 saturated carbocycles. The number of amides is 1. The Morgan fingerprint density at radius 3 is 2.81 bits per heavy atom. The number of aromatic nitrogens is 1. The van der Waals surface area contributed by atoms with Crippen LogP contribution in [0.4, 0.5) is 17.1 Å². The lowest BCUT2D eigenvalue weighted by molar-refractivity contribution is 0.102. The second kappa shape index (κ2) is 7.00. The maximum Gasteiger partial charge on any atom is 0.274 e. The van der Waals surface area contributed by atoms with Crippen LogP contribution in [0.1, 0.15) is 28.5 Å². The molecule has 2 aromatic carbocycles. The Bertz CT molecular complexity index is 951. The molecule has 1 aliphatic rings. The van der Waals surface area contributed by atoms with E-state index in [4.69, 9.17) is 0 Å². The summed E-state index contributed by atoms with van der Waals surface area (Å²) >= 11 is 0. The lowest BCUT2D eigenvalue weighted by atomic mass is 10.1. The maximum absolute atomic E-state index is 12.7. The Balaban J connectivity index is 1.59. The quantitative estimate of drug-likeness (QED) is 0.753. The van der Waals surface area contributed by atoms with Crippen LogP contribution in [0.5, 0.6) is 0 Å². The van der Waals surface area contributed by atoms with Gasteiger partial charge in [0, 0.05) is 29.8 Å². The van der Waals surface area contributed by atoms with Gasteiger partial charge in [-0.1, -0.05) is 43.3 Å². The lowest BCUT2D eigenvalue weighted by Gasteiger charge is -2.20. The van der Waals surface area contributed by atoms with Gasteiger partial charge in [0.15, 0.2) is 0 Å². The minimum atomic E-state index is -0.180. The van der Waals surface area contributed by atoms with E-state index >= 15 is 0 Å². The Morgan fingerprint density at radius 1 is 1.12 bits per heavy atom. The summed E-state index contributed by atoms with van der Waals surface area (Å²) in [6.07, 6.45) is 3.59. The number of pyridine rings is 1. The number of nitrogens with one attached hydrogen (secondary N) is 1. The summed E-state index contributed by atoms with van der Waals surface area (Å²) in [6.45, 7) is 3.00. The first-order valence-electron chi connectivity index (χ1n) is 8.97. The number of para-hydroxylation sites is 2. The summed E-state index contributed by atoms with van der Waals surface area (Å²) in [5.41, 5.74) is 5.94. The highest BCUT2D eigenvalue weighted by atomic mass is 16.1. The van der Waals surface area contributed by atoms with Crippen molar-refractivity contribution in [2.24, 2.45) is 0 Å². The molecule has 0 atom stereocenters. The van der Waals surface area contributed by atoms with Crippen molar-refractivity contribution in [2.75, 3.05) is 16.8 Å². The van der Waals surface area contributed by atoms with E-state index in [0.29, 0.717) is 5.69 Å². The van der Waals surface area contributed by atoms with Gasteiger partial charge in [0.05, 0.1) is 0 Å². The molecule has 4 rings (SSSR count). The number of benzene rings is 2. The molecule has 2 heterocycles. The number of carbonyl (C=O) groups excluding carboxylic acids is 1. The molecule has 130 valence electrons. The molecule has 0 aliphatic carbocycles. The number of rotatable bonds is 4. The molecule has 0 spiro atoms. The fourth-order valence-electron chi connectivity index (χ4n) is 3.45. The molecule has 0 radical (unpaired) electrons. The van der Waals surface area contributed by atoms with Gasteiger partial charge in [0.25, 0.3) is 5.91 Å². The summed E-state index contributed by atoms with van der Waals surface area (Å²) in [6, 6.07) is 20.1. The van der Waals surface area contributed by atoms with Crippen LogP contribution in [-0.4, -0.2) is 17.4 Å². The molecular weight excluding hydrogens is 322 g/mol. The number of hydrogen-bond donors (Lipinski definition) is 1. The summed E-state index contributed by atoms with van der Waals surface area (Å²) < 4.78 is 0. The van der Waals surface area contributed by atoms with Crippen molar-refractivity contribution in [2.45, 2.75) is 19.8 Å². The number of anilines is 3. The van der Waals surface area contributed by atoms with E-state index in [1.54, 1.807) is 6.20 Å². The first-order chi connectivity index (χ1) is 12.8. The first-order valence-corrected chi connectivity index (χ1v) is 8.97. The summed E-state index contributed by atoms with van der Waals surface area (Å²) in [7, 11) is 0. The van der Waals surface area contributed by atoms with Crippen LogP contribution in [0.15, 0.2) is 66.9 Å². The van der Waals surface area contributed by atoms with Gasteiger partial charge in [-0.2, -0.15) is 0 Å². The predicted molar refractivity (Wildman–Crippen MR) is 105 cm³/mol. The van der Waals surface area contributed by atoms with Crippen LogP contribution < -0.4 is 10.2 Å². The zero-order valence-corrected chi connectivity index (χ0v) is 14.8. The van der Waals surface area contributed by atoms with Crippen molar-refractivity contribution >= 4 is 23.0 Å². The molecular formula is C22H21N3O. The molecule has 4 heteroatoms. The van der Waals surface area contributed by atoms with Gasteiger partial charge in [-0.15, -0.1) is 0 Å². The van der Waals surface area contributed by atoms with E-state index in [1.165, 1.54) is 11.3 Å². The van der Waals surface area contributed by atoms with E-state index in [0.717, 1.165) is 36.3 Å². The van der Waals surface area contributed by atoms with E-state index in [2.05, 4.69) is 40.3 Å². The van der Waals surface area contributed by atoms with Gasteiger partial charge in [-0.05, 0) is 48.2 Å². The van der Waals surface area contributed by atoms with Crippen molar-refractivity contribution < 1.29 is 4.79 Å². The van der Waals surface area contributed by atoms with Crippen molar-refractivity contribution in [3.8, 4) is 0 Å². The van der Waals surface area contributed by atoms with Crippen LogP contribution in [0.3, 0.4) is 0 Å². The molecule has 26 heavy (non-hydrogen) atoms. The van der Waals surface area contributed by atoms with Crippen LogP contribution in [0, 0.1) is 0 Å². The average molecular weight is 343 g/mol. The highest BCUT2D eigenvalue weighted by Crippen LogP contribution is 2.34. The van der Waals surface area contributed by atoms with Gasteiger partial charge in [0.1, 0.15) is 5.69 Å². The molecule has 3 aromatic rings. The molecule has 0 unspecified atom stereocenters. The molecule has 1 aliphatic heterocycles. The highest BCUT2D eigenvalue weighted by Gasteiger charge is 2.21. The lowest BCUT2D eigenvalue weighted by Crippen LogP contribution is -2.17. The van der Waals surface area contributed by atoms with Gasteiger partial charge >= 0.3 is 0 Å². The van der Waals surface area contributed by atoms with Gasteiger partial charge in [-0.25, -0.2) is 0 Å². The molecule has 1 N–H and O–H groups in total. The molecule has 0 bridgehead atoms. The monoisotopic (exact) mass is 343 g/mol. The number of nitrogens with zero attached hydrogens (tertiary/aromatic N) is 2. The zero-order chi connectivity index (χ0) is 17.9. The summed E-state index contributed by atoms with van der Waals surface area (Å²) in [5, 5.41) is 2.99. The smallest absolute Gasteiger partial charge is 0.274 e. The highest BCUT2D eigenvalue weighted by molar-refractivity contribution is 6.03. The Hall–Kier alpha value is -3.14. The number of hydrogen-bond acceptors (Lipinski definition) is 3. The fourth-order valence-corrected chi connectivity index (χ4v) is 3.45. The van der Waals surface area contributed by atoms with Crippen molar-refractivity contribution in [1.29, 1.82) is 0 Å². The SMILES string of the molecule is CCc1ccccc1NC(=O)c1cc(N2CCc3ccccc32)ccn1. The van der Waals surface area contributed by atoms with Crippen molar-refractivity contribution in [3.63, 3.8) is 0 Å². The van der Waals surface area contributed by atoms with Gasteiger partial charge in [-0.3, -0.25) is 9.78 Å². The normalized spacial score (nSPS) is 12.7. The summed E-state index contributed by atoms with van der Waals surface area (Å²) in [4.78, 5) is 19.2. The third kappa shape index (κ3) is 3.06. The van der Waals surface area contributed by atoms with Crippen LogP contribution in [-0.2, 0) is 12.8 Å². The maximum atomic E-state index is 12.7. The minimum absolute atomic E-state index is 0.180. The molecule has 1 amide bonds. The van der Waals surface area contributed by atoms with E-state index < -0.39 is 0 Å². The summed E-state index contributed by atoms with van der Waals surface area (Å²) in [5.74, 6) is -0.180. The van der Waals surface area contributed by atoms with E-state index in [9.17, 15) is 4.79 Å². The van der Waals surface area contributed by atoms with E-state index in [1.807, 2.05) is 42.5 Å². The molecule has 1 aromatic heterocycles. The Labute approximate surface area is 153 Å². The van der Waals surface area contributed by atoms with E-state index in [-0.39, 0.29) is 5.91 Å². The van der Waals surface area contributed by atoms with Crippen molar-refractivity contribution in [3.05, 3.63) is 83.7 Å². The average Bonchev–Trinajstić information content (AvgIpc) is 3.12. The second-order valence-corrected chi connectivity index (χ2v) is 6.39. The fraction of sp³-hybridized carbons (Fsp3) is 0.182. The third-order valence-corrected chi connectivity index (χ3v) is 4.82. The standard InChI is InChI=1S/C22H21N3O/c1-2-16-7-3-5-9-19(16)24-22(26)20-15-18(11-13-23-20)25-14-12-17-8-4-6-10-21(17)25/h3-11,13,15H,2,12,14H2,1H3,(H,24,26). The molecule has 0 saturated heterocycles. The Kier molecular flexibility index (Phi) is 4.40. The number of aryl methyl sites for hydroxylation is 1. The van der Waals surface area contributed by atoms with Crippen LogP contribution in [0.25, 0.3) is 0 Å². The number of fused-ring (bicyclic) bond motifs is 1. The first kappa shape index (κ1) is 16.3. The van der Waals surface area contributed by atoms with Crippen LogP contribution >= 0.6 is 0 Å². The molecule has 0 fully saturated rings. The third-order valence-electron chi connectivity index (χ3n) is 4.82. The van der Waals surface area contributed by atoms with Gasteiger partial charge < -0.3 is 10.2 Å². The molecule has 4 nitrogen and oxygen atoms in total. The van der Waals surface area contributed by atoms with Gasteiger partial charge in [0.2, 0.25) is 0 Å². The second-order valence-electron chi connectivity index (χ2n) is 6.39. The Morgan fingerprint density at radius 2 is 1.92 bits per heavy atom.